The Balaban J connectivity index is 1.75. The normalized spacial score (nSPS) is 25.2. The highest BCUT2D eigenvalue weighted by molar-refractivity contribution is 7.90. The Bertz CT molecular complexity index is 624. The summed E-state index contributed by atoms with van der Waals surface area (Å²) in [5, 5.41) is 6.08. The maximum Gasteiger partial charge on any atom is 0.470 e. The Hall–Kier alpha value is -1.16. The fraction of sp³-hybridized carbons (Fsp3) is 0.818. The molecule has 1 aliphatic carbocycles. The Kier molecular flexibility index (Phi) is 3.47. The molecule has 1 aliphatic heterocycles. The van der Waals surface area contributed by atoms with Gasteiger partial charge in [0.15, 0.2) is 0 Å². The number of rotatable bonds is 3. The largest absolute Gasteiger partial charge is 0.470 e. The van der Waals surface area contributed by atoms with Crippen LogP contribution in [0.2, 0.25) is 0 Å². The molecule has 2 aliphatic rings. The third-order valence-corrected chi connectivity index (χ3v) is 6.09. The third-order valence-electron chi connectivity index (χ3n) is 3.72. The number of sulfonamides is 1. The lowest BCUT2D eigenvalue weighted by molar-refractivity contribution is -0.157. The quantitative estimate of drug-likeness (QED) is 0.846. The first-order chi connectivity index (χ1) is 9.78. The van der Waals surface area contributed by atoms with E-state index in [1.807, 2.05) is 0 Å². The molecule has 10 heteroatoms. The molecule has 1 atom stereocenters. The van der Waals surface area contributed by atoms with Gasteiger partial charge in [0.05, 0.1) is 11.2 Å². The minimum Gasteiger partial charge on any atom is -0.417 e. The number of aromatic nitrogens is 2. The number of alkyl halides is 3. The van der Waals surface area contributed by atoms with Crippen LogP contribution in [0.3, 0.4) is 0 Å². The van der Waals surface area contributed by atoms with E-state index in [-0.39, 0.29) is 17.7 Å². The average Bonchev–Trinajstić information content (AvgIpc) is 3.15. The van der Waals surface area contributed by atoms with E-state index < -0.39 is 28.0 Å². The Labute approximate surface area is 119 Å². The summed E-state index contributed by atoms with van der Waals surface area (Å²) in [6.45, 7) is 0.508. The summed E-state index contributed by atoms with van der Waals surface area (Å²) in [6.07, 6.45) is -2.26. The zero-order chi connectivity index (χ0) is 15.3. The van der Waals surface area contributed by atoms with Gasteiger partial charge in [0.1, 0.15) is 0 Å². The molecule has 118 valence electrons. The zero-order valence-electron chi connectivity index (χ0n) is 11.0. The van der Waals surface area contributed by atoms with Gasteiger partial charge in [0.25, 0.3) is 0 Å². The number of hydrogen-bond acceptors (Lipinski definition) is 5. The molecule has 0 bridgehead atoms. The van der Waals surface area contributed by atoms with Gasteiger partial charge >= 0.3 is 12.1 Å². The van der Waals surface area contributed by atoms with E-state index in [4.69, 9.17) is 0 Å². The fourth-order valence-electron chi connectivity index (χ4n) is 2.47. The summed E-state index contributed by atoms with van der Waals surface area (Å²) in [6, 6.07) is 0. The topological polar surface area (TPSA) is 76.3 Å². The first-order valence-corrected chi connectivity index (χ1v) is 8.18. The average molecular weight is 325 g/mol. The molecule has 2 fully saturated rings. The number of hydrogen-bond donors (Lipinski definition) is 0. The van der Waals surface area contributed by atoms with Gasteiger partial charge in [-0.3, -0.25) is 0 Å². The highest BCUT2D eigenvalue weighted by Gasteiger charge is 2.43. The smallest absolute Gasteiger partial charge is 0.417 e. The van der Waals surface area contributed by atoms with Crippen LogP contribution >= 0.6 is 0 Å². The van der Waals surface area contributed by atoms with Gasteiger partial charge in [-0.2, -0.15) is 13.2 Å². The first kappa shape index (κ1) is 14.8. The molecule has 0 N–H and O–H groups in total. The highest BCUT2D eigenvalue weighted by Crippen LogP contribution is 2.36. The van der Waals surface area contributed by atoms with Crippen LogP contribution in [0.4, 0.5) is 13.2 Å². The maximum absolute atomic E-state index is 12.4. The van der Waals surface area contributed by atoms with Crippen LogP contribution in [0.1, 0.15) is 43.4 Å². The van der Waals surface area contributed by atoms with E-state index in [9.17, 15) is 21.6 Å². The molecule has 0 radical (unpaired) electrons. The minimum absolute atomic E-state index is 0.109. The lowest BCUT2D eigenvalue weighted by atomic mass is 10.00. The van der Waals surface area contributed by atoms with Gasteiger partial charge in [-0.15, -0.1) is 10.2 Å². The van der Waals surface area contributed by atoms with E-state index in [2.05, 4.69) is 14.6 Å². The first-order valence-electron chi connectivity index (χ1n) is 6.68. The van der Waals surface area contributed by atoms with Crippen molar-refractivity contribution in [1.82, 2.24) is 14.5 Å². The molecule has 6 nitrogen and oxygen atoms in total. The predicted molar refractivity (Wildman–Crippen MR) is 64.8 cm³/mol. The summed E-state index contributed by atoms with van der Waals surface area (Å²) >= 11 is 0. The van der Waals surface area contributed by atoms with E-state index in [0.717, 1.165) is 0 Å². The summed E-state index contributed by atoms with van der Waals surface area (Å²) in [7, 11) is -3.33. The number of piperidine rings is 1. The van der Waals surface area contributed by atoms with E-state index in [1.54, 1.807) is 0 Å². The van der Waals surface area contributed by atoms with Crippen LogP contribution in [-0.2, 0) is 16.2 Å². The van der Waals surface area contributed by atoms with Crippen LogP contribution in [-0.4, -0.2) is 41.3 Å². The molecule has 0 aromatic carbocycles. The summed E-state index contributed by atoms with van der Waals surface area (Å²) in [5.41, 5.74) is 0. The molecule has 0 spiro atoms. The molecular weight excluding hydrogens is 311 g/mol. The van der Waals surface area contributed by atoms with Crippen molar-refractivity contribution in [2.75, 3.05) is 13.1 Å². The highest BCUT2D eigenvalue weighted by atomic mass is 32.2. The summed E-state index contributed by atoms with van der Waals surface area (Å²) in [5.74, 6) is -2.01. The van der Waals surface area contributed by atoms with Crippen LogP contribution < -0.4 is 0 Å². The van der Waals surface area contributed by atoms with Crippen molar-refractivity contribution in [2.24, 2.45) is 0 Å². The van der Waals surface area contributed by atoms with Crippen molar-refractivity contribution in [2.45, 2.75) is 43.0 Å². The second-order valence-corrected chi connectivity index (χ2v) is 7.60. The van der Waals surface area contributed by atoms with Crippen molar-refractivity contribution in [3.8, 4) is 0 Å². The second kappa shape index (κ2) is 4.94. The second-order valence-electron chi connectivity index (χ2n) is 5.38. The molecule has 1 aromatic heterocycles. The van der Waals surface area contributed by atoms with E-state index in [1.165, 1.54) is 4.31 Å². The van der Waals surface area contributed by atoms with Crippen molar-refractivity contribution in [3.05, 3.63) is 11.8 Å². The van der Waals surface area contributed by atoms with E-state index >= 15 is 0 Å². The number of nitrogens with zero attached hydrogens (tertiary/aromatic N) is 3. The van der Waals surface area contributed by atoms with Crippen LogP contribution in [0.5, 0.6) is 0 Å². The van der Waals surface area contributed by atoms with Crippen LogP contribution in [0.25, 0.3) is 0 Å². The Morgan fingerprint density at radius 1 is 1.19 bits per heavy atom. The predicted octanol–water partition coefficient (Wildman–Crippen LogP) is 1.76. The fourth-order valence-corrected chi connectivity index (χ4v) is 4.39. The van der Waals surface area contributed by atoms with Crippen molar-refractivity contribution in [3.63, 3.8) is 0 Å². The van der Waals surface area contributed by atoms with Gasteiger partial charge in [0, 0.05) is 13.1 Å². The molecule has 1 saturated carbocycles. The molecule has 2 heterocycles. The maximum atomic E-state index is 12.4. The van der Waals surface area contributed by atoms with Crippen molar-refractivity contribution in [1.29, 1.82) is 0 Å². The zero-order valence-corrected chi connectivity index (χ0v) is 11.8. The Morgan fingerprint density at radius 2 is 1.90 bits per heavy atom. The number of halogens is 3. The van der Waals surface area contributed by atoms with Crippen LogP contribution in [0.15, 0.2) is 4.42 Å². The Morgan fingerprint density at radius 3 is 2.48 bits per heavy atom. The molecule has 21 heavy (non-hydrogen) atoms. The third kappa shape index (κ3) is 2.91. The lowest BCUT2D eigenvalue weighted by Crippen LogP contribution is -2.40. The van der Waals surface area contributed by atoms with Gasteiger partial charge in [-0.25, -0.2) is 12.7 Å². The van der Waals surface area contributed by atoms with Gasteiger partial charge in [-0.05, 0) is 25.7 Å². The van der Waals surface area contributed by atoms with Crippen molar-refractivity contribution < 1.29 is 26.0 Å². The summed E-state index contributed by atoms with van der Waals surface area (Å²) < 4.78 is 67.7. The molecule has 1 unspecified atom stereocenters. The monoisotopic (exact) mass is 325 g/mol. The molecule has 0 amide bonds. The van der Waals surface area contributed by atoms with E-state index in [0.29, 0.717) is 32.2 Å². The summed E-state index contributed by atoms with van der Waals surface area (Å²) in [4.78, 5) is 0. The van der Waals surface area contributed by atoms with Crippen LogP contribution in [0, 0.1) is 0 Å². The lowest BCUT2D eigenvalue weighted by Gasteiger charge is -2.30. The molecular formula is C11H14F3N3O3S. The van der Waals surface area contributed by atoms with Crippen molar-refractivity contribution >= 4 is 10.0 Å². The van der Waals surface area contributed by atoms with Gasteiger partial charge in [-0.1, -0.05) is 0 Å². The molecule has 1 saturated heterocycles. The van der Waals surface area contributed by atoms with Gasteiger partial charge in [0.2, 0.25) is 15.9 Å². The minimum atomic E-state index is -4.68. The SMILES string of the molecule is O=S(=O)(C1CC1)N1CCCC(c2nnc(C(F)(F)F)o2)C1. The molecule has 3 rings (SSSR count). The van der Waals surface area contributed by atoms with Gasteiger partial charge < -0.3 is 4.42 Å². The molecule has 1 aromatic rings. The standard InChI is InChI=1S/C11H14F3N3O3S/c12-11(13,14)10-16-15-9(20-10)7-2-1-5-17(6-7)21(18,19)8-3-4-8/h7-8H,1-6H2.